The van der Waals surface area contributed by atoms with Crippen molar-refractivity contribution in [3.63, 3.8) is 0 Å². The molecular weight excluding hydrogens is 296 g/mol. The fourth-order valence-corrected chi connectivity index (χ4v) is 5.20. The van der Waals surface area contributed by atoms with Gasteiger partial charge in [-0.25, -0.2) is 16.8 Å². The zero-order chi connectivity index (χ0) is 13.4. The second-order valence-corrected chi connectivity index (χ2v) is 9.05. The topological polar surface area (TPSA) is 92.3 Å². The summed E-state index contributed by atoms with van der Waals surface area (Å²) < 4.78 is 44.9. The lowest BCUT2D eigenvalue weighted by Gasteiger charge is -2.17. The van der Waals surface area contributed by atoms with Crippen molar-refractivity contribution in [2.75, 3.05) is 17.3 Å². The highest BCUT2D eigenvalue weighted by molar-refractivity contribution is 7.94. The van der Waals surface area contributed by atoms with Crippen LogP contribution in [0.4, 0.5) is 0 Å². The number of hydrogen-bond acceptors (Lipinski definition) is 5. The molecule has 18 heavy (non-hydrogen) atoms. The van der Waals surface area contributed by atoms with Crippen LogP contribution in [0.2, 0.25) is 0 Å². The van der Waals surface area contributed by atoms with E-state index in [-0.39, 0.29) is 29.3 Å². The summed E-state index contributed by atoms with van der Waals surface area (Å²) in [6.07, 6.45) is 2.07. The first-order valence-electron chi connectivity index (χ1n) is 5.44. The summed E-state index contributed by atoms with van der Waals surface area (Å²) in [5.41, 5.74) is 0. The maximum absolute atomic E-state index is 11.3. The molecule has 0 unspecified atom stereocenters. The summed E-state index contributed by atoms with van der Waals surface area (Å²) in [6.45, 7) is 0. The third-order valence-electron chi connectivity index (χ3n) is 2.81. The summed E-state index contributed by atoms with van der Waals surface area (Å²) in [5, 5.41) is 7.20. The minimum atomic E-state index is -3.11. The molecule has 2 rings (SSSR count). The third kappa shape index (κ3) is 3.66. The van der Waals surface area contributed by atoms with E-state index in [9.17, 15) is 16.8 Å². The van der Waals surface area contributed by atoms with Gasteiger partial charge in [-0.05, 0) is 24.7 Å². The third-order valence-corrected chi connectivity index (χ3v) is 6.21. The van der Waals surface area contributed by atoms with Crippen LogP contribution in [0.1, 0.15) is 6.42 Å². The second kappa shape index (κ2) is 4.78. The number of nitrogens with one attached hydrogen (secondary N) is 2. The van der Waals surface area contributed by atoms with Crippen molar-refractivity contribution in [2.45, 2.75) is 18.5 Å². The molecule has 6 nitrogen and oxygen atoms in total. The van der Waals surface area contributed by atoms with Gasteiger partial charge in [0.2, 0.25) is 0 Å². The number of hydrogen-bond donors (Lipinski definition) is 2. The molecule has 0 bridgehead atoms. The molecular formula is C9H14N2O4S3. The van der Waals surface area contributed by atoms with Crippen LogP contribution in [0.25, 0.3) is 0 Å². The van der Waals surface area contributed by atoms with E-state index in [0.29, 0.717) is 11.5 Å². The lowest BCUT2D eigenvalue weighted by atomic mass is 10.3. The lowest BCUT2D eigenvalue weighted by Crippen LogP contribution is -2.46. The van der Waals surface area contributed by atoms with Gasteiger partial charge in [0, 0.05) is 11.4 Å². The van der Waals surface area contributed by atoms with E-state index in [1.54, 1.807) is 0 Å². The van der Waals surface area contributed by atoms with Crippen molar-refractivity contribution in [1.29, 1.82) is 0 Å². The highest BCUT2D eigenvalue weighted by Gasteiger charge is 2.29. The predicted molar refractivity (Wildman–Crippen MR) is 72.6 cm³/mol. The molecule has 2 aliphatic rings. The van der Waals surface area contributed by atoms with Gasteiger partial charge in [0.05, 0.1) is 23.3 Å². The molecule has 0 amide bonds. The van der Waals surface area contributed by atoms with E-state index in [1.807, 2.05) is 0 Å². The van der Waals surface area contributed by atoms with Gasteiger partial charge in [0.1, 0.15) is 0 Å². The summed E-state index contributed by atoms with van der Waals surface area (Å²) in [6, 6.07) is -0.523. The molecule has 0 aliphatic carbocycles. The van der Waals surface area contributed by atoms with Crippen LogP contribution < -0.4 is 10.6 Å². The molecule has 0 radical (unpaired) electrons. The molecule has 1 saturated heterocycles. The zero-order valence-corrected chi connectivity index (χ0v) is 11.9. The normalized spacial score (nSPS) is 32.2. The molecule has 0 aromatic rings. The van der Waals surface area contributed by atoms with Crippen LogP contribution in [0, 0.1) is 0 Å². The van der Waals surface area contributed by atoms with Crippen molar-refractivity contribution in [2.24, 2.45) is 0 Å². The first-order chi connectivity index (χ1) is 8.26. The van der Waals surface area contributed by atoms with Crippen molar-refractivity contribution >= 4 is 37.0 Å². The Morgan fingerprint density at radius 2 is 1.89 bits per heavy atom. The van der Waals surface area contributed by atoms with E-state index in [1.165, 1.54) is 6.08 Å². The highest BCUT2D eigenvalue weighted by Crippen LogP contribution is 2.11. The van der Waals surface area contributed by atoms with Crippen LogP contribution in [-0.4, -0.2) is 51.3 Å². The van der Waals surface area contributed by atoms with Crippen LogP contribution >= 0.6 is 12.2 Å². The summed E-state index contributed by atoms with van der Waals surface area (Å²) >= 11 is 5.03. The number of sulfone groups is 2. The van der Waals surface area contributed by atoms with E-state index in [0.717, 1.165) is 5.41 Å². The quantitative estimate of drug-likeness (QED) is 0.629. The Bertz CT molecular complexity index is 579. The maximum Gasteiger partial charge on any atom is 0.173 e. The first-order valence-corrected chi connectivity index (χ1v) is 9.39. The average molecular weight is 310 g/mol. The fraction of sp³-hybridized carbons (Fsp3) is 0.667. The van der Waals surface area contributed by atoms with E-state index in [4.69, 9.17) is 12.2 Å². The molecule has 102 valence electrons. The molecule has 2 atom stereocenters. The SMILES string of the molecule is O=S1(=O)C=C[C@H](NC(=S)N[C@H]2CCS(=O)(=O)C2)C1. The monoisotopic (exact) mass is 310 g/mol. The minimum Gasteiger partial charge on any atom is -0.359 e. The van der Waals surface area contributed by atoms with E-state index >= 15 is 0 Å². The molecule has 2 aliphatic heterocycles. The number of thiocarbonyl (C=S) groups is 1. The van der Waals surface area contributed by atoms with Crippen molar-refractivity contribution in [3.05, 3.63) is 11.5 Å². The van der Waals surface area contributed by atoms with Gasteiger partial charge in [-0.3, -0.25) is 0 Å². The Kier molecular flexibility index (Phi) is 3.65. The highest BCUT2D eigenvalue weighted by atomic mass is 32.2. The minimum absolute atomic E-state index is 0.0161. The van der Waals surface area contributed by atoms with Crippen LogP contribution in [0.15, 0.2) is 11.5 Å². The second-order valence-electron chi connectivity index (χ2n) is 4.48. The molecule has 0 spiro atoms. The molecule has 2 N–H and O–H groups in total. The molecule has 1 fully saturated rings. The average Bonchev–Trinajstić information content (AvgIpc) is 2.69. The van der Waals surface area contributed by atoms with Gasteiger partial charge in [0.15, 0.2) is 24.8 Å². The van der Waals surface area contributed by atoms with Crippen molar-refractivity contribution < 1.29 is 16.8 Å². The Morgan fingerprint density at radius 1 is 1.17 bits per heavy atom. The Morgan fingerprint density at radius 3 is 2.39 bits per heavy atom. The smallest absolute Gasteiger partial charge is 0.173 e. The van der Waals surface area contributed by atoms with Crippen LogP contribution in [0.3, 0.4) is 0 Å². The Labute approximate surface area is 112 Å². The first kappa shape index (κ1) is 13.8. The molecule has 2 heterocycles. The standard InChI is InChI=1S/C9H14N2O4S3/c12-17(13)3-1-7(5-17)10-9(16)11-8-2-4-18(14,15)6-8/h1,3,7-8H,2,4-6H2,(H2,10,11,16)/t7-,8-/m0/s1. The maximum atomic E-state index is 11.3. The summed E-state index contributed by atoms with van der Waals surface area (Å²) in [5.74, 6) is 0.233. The van der Waals surface area contributed by atoms with Gasteiger partial charge in [-0.2, -0.15) is 0 Å². The summed E-state index contributed by atoms with van der Waals surface area (Å²) in [4.78, 5) is 0. The van der Waals surface area contributed by atoms with Gasteiger partial charge in [0.25, 0.3) is 0 Å². The molecule has 0 aromatic carbocycles. The van der Waals surface area contributed by atoms with Crippen molar-refractivity contribution in [3.8, 4) is 0 Å². The molecule has 9 heteroatoms. The van der Waals surface area contributed by atoms with Gasteiger partial charge in [-0.15, -0.1) is 0 Å². The Balaban J connectivity index is 1.82. The van der Waals surface area contributed by atoms with Gasteiger partial charge >= 0.3 is 0 Å². The van der Waals surface area contributed by atoms with Crippen molar-refractivity contribution in [1.82, 2.24) is 10.6 Å². The lowest BCUT2D eigenvalue weighted by molar-refractivity contribution is 0.600. The van der Waals surface area contributed by atoms with E-state index < -0.39 is 19.7 Å². The fourth-order valence-electron chi connectivity index (χ4n) is 1.97. The zero-order valence-electron chi connectivity index (χ0n) is 9.50. The molecule has 0 aromatic heterocycles. The van der Waals surface area contributed by atoms with Gasteiger partial charge in [-0.1, -0.05) is 0 Å². The number of rotatable bonds is 2. The van der Waals surface area contributed by atoms with Crippen LogP contribution in [-0.2, 0) is 19.7 Å². The Hall–Kier alpha value is -0.670. The largest absolute Gasteiger partial charge is 0.359 e. The predicted octanol–water partition coefficient (Wildman–Crippen LogP) is -1.05. The van der Waals surface area contributed by atoms with Gasteiger partial charge < -0.3 is 10.6 Å². The molecule has 0 saturated carbocycles. The summed E-state index contributed by atoms with van der Waals surface area (Å²) in [7, 11) is -6.06. The van der Waals surface area contributed by atoms with Crippen LogP contribution in [0.5, 0.6) is 0 Å². The van der Waals surface area contributed by atoms with E-state index in [2.05, 4.69) is 10.6 Å².